The largest absolute Gasteiger partial charge is 0.357 e. The van der Waals surface area contributed by atoms with Gasteiger partial charge in [-0.2, -0.15) is 0 Å². The molecule has 2 N–H and O–H groups in total. The molecule has 0 unspecified atom stereocenters. The maximum atomic E-state index is 4.63. The zero-order valence-corrected chi connectivity index (χ0v) is 15.2. The summed E-state index contributed by atoms with van der Waals surface area (Å²) in [6.45, 7) is 12.2. The fourth-order valence-corrected chi connectivity index (χ4v) is 2.71. The molecule has 5 nitrogen and oxygen atoms in total. The van der Waals surface area contributed by atoms with Crippen LogP contribution in [0.5, 0.6) is 0 Å². The molecule has 0 aliphatic carbocycles. The number of nitrogens with zero attached hydrogens (tertiary/aromatic N) is 3. The molecule has 0 spiro atoms. The van der Waals surface area contributed by atoms with E-state index in [2.05, 4.69) is 53.4 Å². The second-order valence-corrected chi connectivity index (χ2v) is 6.72. The Kier molecular flexibility index (Phi) is 10.2. The Hall–Kier alpha value is -0.810. The summed E-state index contributed by atoms with van der Waals surface area (Å²) in [4.78, 5) is 9.44. The van der Waals surface area contributed by atoms with Gasteiger partial charge in [-0.25, -0.2) is 0 Å². The van der Waals surface area contributed by atoms with E-state index in [-0.39, 0.29) is 0 Å². The van der Waals surface area contributed by atoms with E-state index in [1.54, 1.807) is 0 Å². The van der Waals surface area contributed by atoms with Gasteiger partial charge in [0, 0.05) is 19.6 Å². The predicted molar refractivity (Wildman–Crippen MR) is 96.6 cm³/mol. The van der Waals surface area contributed by atoms with Crippen molar-refractivity contribution in [1.82, 2.24) is 20.4 Å². The maximum Gasteiger partial charge on any atom is 0.191 e. The van der Waals surface area contributed by atoms with Crippen LogP contribution in [0.4, 0.5) is 0 Å². The van der Waals surface area contributed by atoms with Crippen LogP contribution in [0.3, 0.4) is 0 Å². The molecule has 0 saturated carbocycles. The molecule has 130 valence electrons. The van der Waals surface area contributed by atoms with Crippen LogP contribution in [0.1, 0.15) is 39.5 Å². The third-order valence-electron chi connectivity index (χ3n) is 4.20. The molecule has 0 atom stereocenters. The van der Waals surface area contributed by atoms with Crippen LogP contribution in [0.25, 0.3) is 0 Å². The van der Waals surface area contributed by atoms with Crippen molar-refractivity contribution in [1.29, 1.82) is 0 Å². The third-order valence-corrected chi connectivity index (χ3v) is 4.20. The summed E-state index contributed by atoms with van der Waals surface area (Å²) < 4.78 is 0. The van der Waals surface area contributed by atoms with Gasteiger partial charge in [-0.15, -0.1) is 0 Å². The fourth-order valence-electron chi connectivity index (χ4n) is 2.71. The quantitative estimate of drug-likeness (QED) is 0.386. The monoisotopic (exact) mass is 311 g/mol. The zero-order chi connectivity index (χ0) is 16.2. The maximum absolute atomic E-state index is 4.63. The van der Waals surface area contributed by atoms with Gasteiger partial charge in [0.25, 0.3) is 0 Å². The fraction of sp³-hybridized carbons (Fsp3) is 0.941. The van der Waals surface area contributed by atoms with E-state index in [1.807, 2.05) is 0 Å². The lowest BCUT2D eigenvalue weighted by atomic mass is 9.99. The highest BCUT2D eigenvalue weighted by atomic mass is 15.2. The molecule has 1 saturated heterocycles. The van der Waals surface area contributed by atoms with Crippen molar-refractivity contribution in [3.05, 3.63) is 0 Å². The molecule has 0 aromatic heterocycles. The van der Waals surface area contributed by atoms with Crippen LogP contribution in [-0.4, -0.2) is 75.7 Å². The van der Waals surface area contributed by atoms with Crippen molar-refractivity contribution in [2.75, 3.05) is 59.9 Å². The number of piperidine rings is 1. The van der Waals surface area contributed by atoms with E-state index in [0.717, 1.165) is 44.5 Å². The molecule has 1 rings (SSSR count). The lowest BCUT2D eigenvalue weighted by molar-refractivity contribution is 0.191. The molecule has 0 aromatic carbocycles. The van der Waals surface area contributed by atoms with Gasteiger partial charge < -0.3 is 20.4 Å². The van der Waals surface area contributed by atoms with E-state index in [0.29, 0.717) is 0 Å². The Bertz CT molecular complexity index is 295. The summed E-state index contributed by atoms with van der Waals surface area (Å²) >= 11 is 0. The standard InChI is InChI=1S/C17H37N5/c1-5-18-17(19-10-6-12-21(3)4)20-11-7-13-22-14-8-16(2)9-15-22/h16H,5-15H2,1-4H3,(H2,18,19,20). The summed E-state index contributed by atoms with van der Waals surface area (Å²) in [6, 6.07) is 0. The number of hydrogen-bond acceptors (Lipinski definition) is 3. The van der Waals surface area contributed by atoms with Crippen LogP contribution in [-0.2, 0) is 0 Å². The molecular weight excluding hydrogens is 274 g/mol. The van der Waals surface area contributed by atoms with Crippen LogP contribution in [0.2, 0.25) is 0 Å². The Balaban J connectivity index is 2.13. The summed E-state index contributed by atoms with van der Waals surface area (Å²) in [5.41, 5.74) is 0. The van der Waals surface area contributed by atoms with Crippen LogP contribution < -0.4 is 10.6 Å². The minimum Gasteiger partial charge on any atom is -0.357 e. The van der Waals surface area contributed by atoms with Crippen molar-refractivity contribution in [2.45, 2.75) is 39.5 Å². The lowest BCUT2D eigenvalue weighted by Crippen LogP contribution is -2.40. The summed E-state index contributed by atoms with van der Waals surface area (Å²) in [5.74, 6) is 1.89. The topological polar surface area (TPSA) is 42.9 Å². The highest BCUT2D eigenvalue weighted by Gasteiger charge is 2.14. The van der Waals surface area contributed by atoms with Gasteiger partial charge in [0.2, 0.25) is 0 Å². The van der Waals surface area contributed by atoms with Gasteiger partial charge in [-0.1, -0.05) is 6.92 Å². The molecule has 0 amide bonds. The molecule has 0 aromatic rings. The Morgan fingerprint density at radius 2 is 1.91 bits per heavy atom. The summed E-state index contributed by atoms with van der Waals surface area (Å²) in [6.07, 6.45) is 5.03. The first-order chi connectivity index (χ1) is 10.6. The molecule has 22 heavy (non-hydrogen) atoms. The first kappa shape index (κ1) is 19.2. The summed E-state index contributed by atoms with van der Waals surface area (Å²) in [5, 5.41) is 6.78. The molecule has 0 bridgehead atoms. The van der Waals surface area contributed by atoms with Gasteiger partial charge in [0.15, 0.2) is 5.96 Å². The number of likely N-dealkylation sites (tertiary alicyclic amines) is 1. The Morgan fingerprint density at radius 1 is 1.18 bits per heavy atom. The van der Waals surface area contributed by atoms with Crippen molar-refractivity contribution in [3.8, 4) is 0 Å². The van der Waals surface area contributed by atoms with Gasteiger partial charge in [0.1, 0.15) is 0 Å². The van der Waals surface area contributed by atoms with E-state index in [4.69, 9.17) is 0 Å². The molecule has 1 fully saturated rings. The Labute approximate surface area is 137 Å². The number of nitrogens with one attached hydrogen (secondary N) is 2. The van der Waals surface area contributed by atoms with Crippen LogP contribution >= 0.6 is 0 Å². The second kappa shape index (κ2) is 11.7. The number of rotatable bonds is 9. The zero-order valence-electron chi connectivity index (χ0n) is 15.2. The molecule has 1 heterocycles. The molecule has 1 aliphatic heterocycles. The minimum atomic E-state index is 0.886. The number of guanidine groups is 1. The molecule has 0 radical (unpaired) electrons. The van der Waals surface area contributed by atoms with Gasteiger partial charge in [-0.3, -0.25) is 4.99 Å². The highest BCUT2D eigenvalue weighted by molar-refractivity contribution is 5.79. The minimum absolute atomic E-state index is 0.886. The van der Waals surface area contributed by atoms with E-state index in [9.17, 15) is 0 Å². The summed E-state index contributed by atoms with van der Waals surface area (Å²) in [7, 11) is 4.21. The Morgan fingerprint density at radius 3 is 2.55 bits per heavy atom. The smallest absolute Gasteiger partial charge is 0.191 e. The van der Waals surface area contributed by atoms with E-state index >= 15 is 0 Å². The normalized spacial score (nSPS) is 18.0. The number of hydrogen-bond donors (Lipinski definition) is 2. The SMILES string of the molecule is CCNC(=NCCCN(C)C)NCCCN1CCC(C)CC1. The van der Waals surface area contributed by atoms with Crippen LogP contribution in [0, 0.1) is 5.92 Å². The molecule has 5 heteroatoms. The number of aliphatic imine (C=N–C) groups is 1. The highest BCUT2D eigenvalue weighted by Crippen LogP contribution is 2.15. The first-order valence-corrected chi connectivity index (χ1v) is 9.01. The van der Waals surface area contributed by atoms with Crippen molar-refractivity contribution < 1.29 is 0 Å². The van der Waals surface area contributed by atoms with Gasteiger partial charge in [0.05, 0.1) is 0 Å². The lowest BCUT2D eigenvalue weighted by Gasteiger charge is -2.30. The van der Waals surface area contributed by atoms with E-state index < -0.39 is 0 Å². The van der Waals surface area contributed by atoms with Gasteiger partial charge >= 0.3 is 0 Å². The van der Waals surface area contributed by atoms with Crippen molar-refractivity contribution in [2.24, 2.45) is 10.9 Å². The average molecular weight is 312 g/mol. The van der Waals surface area contributed by atoms with Crippen LogP contribution in [0.15, 0.2) is 4.99 Å². The molecular formula is C17H37N5. The van der Waals surface area contributed by atoms with E-state index in [1.165, 1.54) is 38.9 Å². The first-order valence-electron chi connectivity index (χ1n) is 9.01. The molecule has 1 aliphatic rings. The average Bonchev–Trinajstić information content (AvgIpc) is 2.49. The van der Waals surface area contributed by atoms with Crippen molar-refractivity contribution in [3.63, 3.8) is 0 Å². The third kappa shape index (κ3) is 9.26. The second-order valence-electron chi connectivity index (χ2n) is 6.72. The van der Waals surface area contributed by atoms with Crippen molar-refractivity contribution >= 4 is 5.96 Å². The predicted octanol–water partition coefficient (Wildman–Crippen LogP) is 1.62. The van der Waals surface area contributed by atoms with Gasteiger partial charge in [-0.05, 0) is 78.8 Å².